The predicted molar refractivity (Wildman–Crippen MR) is 292 cm³/mol. The highest BCUT2D eigenvalue weighted by molar-refractivity contribution is 7.14. The lowest BCUT2D eigenvalue weighted by molar-refractivity contribution is -0.149. The number of aliphatic hydroxyl groups is 1. The predicted octanol–water partition coefficient (Wildman–Crippen LogP) is 4.72. The second-order valence-corrected chi connectivity index (χ2v) is 22.7. The lowest BCUT2D eigenvalue weighted by atomic mass is 9.89. The van der Waals surface area contributed by atoms with Crippen molar-refractivity contribution in [1.82, 2.24) is 29.6 Å². The maximum atomic E-state index is 14.2. The molecule has 0 saturated carbocycles. The molecule has 77 heavy (non-hydrogen) atoms. The Morgan fingerprint density at radius 1 is 0.831 bits per heavy atom. The van der Waals surface area contributed by atoms with Crippen LogP contribution in [0.25, 0.3) is 0 Å². The number of aromatic nitrogens is 2. The van der Waals surface area contributed by atoms with E-state index in [-0.39, 0.29) is 78.1 Å². The molecular weight excluding hydrogens is 1000 g/mol. The number of thiophene rings is 1. The largest absolute Gasteiger partial charge is 0.394 e. The van der Waals surface area contributed by atoms with E-state index in [1.54, 1.807) is 29.5 Å². The van der Waals surface area contributed by atoms with Gasteiger partial charge in [-0.1, -0.05) is 6.58 Å². The summed E-state index contributed by atoms with van der Waals surface area (Å²) in [6.07, 6.45) is 11.3. The first-order valence-corrected chi connectivity index (χ1v) is 27.9. The van der Waals surface area contributed by atoms with Gasteiger partial charge in [-0.15, -0.1) is 11.3 Å². The Labute approximate surface area is 451 Å². The van der Waals surface area contributed by atoms with Gasteiger partial charge in [0.15, 0.2) is 11.5 Å². The molecule has 4 saturated heterocycles. The third-order valence-corrected chi connectivity index (χ3v) is 18.5. The quantitative estimate of drug-likeness (QED) is 0.111. The van der Waals surface area contributed by atoms with Crippen LogP contribution in [-0.2, 0) is 33.6 Å². The molecule has 20 nitrogen and oxygen atoms in total. The van der Waals surface area contributed by atoms with Crippen molar-refractivity contribution < 1.29 is 38.7 Å². The van der Waals surface area contributed by atoms with Gasteiger partial charge in [0.1, 0.15) is 11.9 Å². The lowest BCUT2D eigenvalue weighted by Gasteiger charge is -2.48. The second-order valence-electron chi connectivity index (χ2n) is 21.6. The first kappa shape index (κ1) is 51.9. The number of amides is 7. The van der Waals surface area contributed by atoms with E-state index < -0.39 is 41.6 Å². The van der Waals surface area contributed by atoms with Crippen LogP contribution in [0.2, 0.25) is 0 Å². The van der Waals surface area contributed by atoms with Gasteiger partial charge in [0.25, 0.3) is 29.5 Å². The number of aliphatic hydroxyl groups excluding tert-OH is 1. The number of piperazine rings is 1. The molecule has 7 aliphatic rings. The molecular formula is C56H66N12O8S. The standard InChI is InChI=1S/C56H66N12O8S/c1-5-47(70)60-40-26-33(59-52-49(51(57)72)58-28-46(61-52)66-20-8-10-42(44(66)30-69)67-22-19-37-36-9-6-7-11-45(36)77-50(37)56(67)76)12-15-41(40)65-24-23-63(29-32(65)3)34-18-21-64(31(2)25-34)35-13-14-38-39(27-35)54(74)68(53(38)73)43-16-17-48(71)62(4)55(43)75/h5,12-15,26-28,31-32,34,42-44,69H,1,6-11,16-25,29-30H2,2-4H3,(H2,57,72)(H,59,61)(H,60,70)/t31-,32+,34?,42?,43?,44?/m1/s1. The fourth-order valence-electron chi connectivity index (χ4n) is 13.2. The van der Waals surface area contributed by atoms with Crippen molar-refractivity contribution >= 4 is 87.1 Å². The van der Waals surface area contributed by atoms with E-state index >= 15 is 0 Å². The number of likely N-dealkylation sites (tertiary alicyclic amines) is 1. The zero-order valence-corrected chi connectivity index (χ0v) is 44.6. The average molecular weight is 1070 g/mol. The van der Waals surface area contributed by atoms with Gasteiger partial charge in [0, 0.05) is 87.1 Å². The molecule has 0 bridgehead atoms. The van der Waals surface area contributed by atoms with Crippen LogP contribution < -0.4 is 31.1 Å². The molecule has 8 heterocycles. The Morgan fingerprint density at radius 3 is 2.40 bits per heavy atom. The molecule has 6 atom stereocenters. The van der Waals surface area contributed by atoms with Crippen molar-refractivity contribution in [2.75, 3.05) is 78.3 Å². The molecule has 4 unspecified atom stereocenters. The van der Waals surface area contributed by atoms with Crippen molar-refractivity contribution in [3.05, 3.63) is 93.0 Å². The van der Waals surface area contributed by atoms with Crippen LogP contribution in [0, 0.1) is 0 Å². The van der Waals surface area contributed by atoms with Crippen LogP contribution in [0.1, 0.15) is 122 Å². The van der Waals surface area contributed by atoms with Gasteiger partial charge in [-0.2, -0.15) is 0 Å². The SMILES string of the molecule is C=CC(=O)Nc1cc(Nc2nc(N3CCCC(N4CCc5c(sc6c5CCCC6)C4=O)C3CO)cnc2C(N)=O)ccc1N1CCN(C2CCN(c3ccc4c(c3)C(=O)N(C3CCC(=O)N(C)C3=O)C4=O)[C@H](C)C2)C[C@@H]1C. The van der Waals surface area contributed by atoms with Crippen LogP contribution in [-0.4, -0.2) is 165 Å². The Bertz CT molecular complexity index is 3110. The Kier molecular flexibility index (Phi) is 14.1. The number of benzene rings is 2. The van der Waals surface area contributed by atoms with Gasteiger partial charge in [-0.25, -0.2) is 9.97 Å². The zero-order chi connectivity index (χ0) is 54.0. The normalized spacial score (nSPS) is 25.0. The van der Waals surface area contributed by atoms with E-state index in [1.165, 1.54) is 35.3 Å². The number of likely N-dealkylation sites (N-methyl/N-ethyl adjacent to an activating group) is 1. The molecule has 6 aliphatic heterocycles. The fourth-order valence-corrected chi connectivity index (χ4v) is 14.6. The smallest absolute Gasteiger partial charge is 0.271 e. The second kappa shape index (κ2) is 21.0. The van der Waals surface area contributed by atoms with E-state index in [0.29, 0.717) is 36.8 Å². The summed E-state index contributed by atoms with van der Waals surface area (Å²) in [6, 6.07) is 9.60. The molecule has 4 aromatic rings. The van der Waals surface area contributed by atoms with Crippen LogP contribution in [0.3, 0.4) is 0 Å². The summed E-state index contributed by atoms with van der Waals surface area (Å²) < 4.78 is 0. The van der Waals surface area contributed by atoms with Crippen molar-refractivity contribution in [3.63, 3.8) is 0 Å². The molecule has 404 valence electrons. The lowest BCUT2D eigenvalue weighted by Crippen LogP contribution is -2.60. The third kappa shape index (κ3) is 9.38. The number of fused-ring (bicyclic) bond motifs is 4. The number of carbonyl (C=O) groups is 7. The number of anilines is 6. The number of nitrogens with zero attached hydrogens (tertiary/aromatic N) is 9. The van der Waals surface area contributed by atoms with Gasteiger partial charge >= 0.3 is 0 Å². The molecule has 7 amide bonds. The molecule has 2 aromatic carbocycles. The van der Waals surface area contributed by atoms with Gasteiger partial charge in [0.05, 0.1) is 52.3 Å². The van der Waals surface area contributed by atoms with Crippen LogP contribution >= 0.6 is 11.3 Å². The number of rotatable bonds is 12. The Balaban J connectivity index is 0.763. The minimum atomic E-state index is -1.01. The summed E-state index contributed by atoms with van der Waals surface area (Å²) in [5.41, 5.74) is 11.6. The van der Waals surface area contributed by atoms with E-state index in [9.17, 15) is 38.7 Å². The Morgan fingerprint density at radius 2 is 1.64 bits per heavy atom. The van der Waals surface area contributed by atoms with Crippen molar-refractivity contribution in [1.29, 1.82) is 0 Å². The topological polar surface area (TPSA) is 238 Å². The van der Waals surface area contributed by atoms with Gasteiger partial charge in [-0.05, 0) is 132 Å². The monoisotopic (exact) mass is 1070 g/mol. The summed E-state index contributed by atoms with van der Waals surface area (Å²) in [7, 11) is 1.38. The summed E-state index contributed by atoms with van der Waals surface area (Å²) in [4.78, 5) is 117. The van der Waals surface area contributed by atoms with Crippen LogP contribution in [0.15, 0.2) is 55.3 Å². The van der Waals surface area contributed by atoms with Crippen molar-refractivity contribution in [2.45, 2.75) is 121 Å². The number of piperidine rings is 3. The van der Waals surface area contributed by atoms with E-state index in [1.807, 2.05) is 28.0 Å². The van der Waals surface area contributed by atoms with E-state index in [4.69, 9.17) is 10.7 Å². The summed E-state index contributed by atoms with van der Waals surface area (Å²) in [5, 5.41) is 17.3. The van der Waals surface area contributed by atoms with Crippen LogP contribution in [0.5, 0.6) is 0 Å². The van der Waals surface area contributed by atoms with E-state index in [0.717, 1.165) is 103 Å². The number of hydrogen-bond acceptors (Lipinski definition) is 16. The molecule has 5 N–H and O–H groups in total. The summed E-state index contributed by atoms with van der Waals surface area (Å²) in [6.45, 7) is 11.9. The summed E-state index contributed by atoms with van der Waals surface area (Å²) in [5.74, 6) is -2.52. The maximum Gasteiger partial charge on any atom is 0.271 e. The molecule has 1 aliphatic carbocycles. The molecule has 4 fully saturated rings. The number of primary amides is 1. The van der Waals surface area contributed by atoms with Crippen LogP contribution in [0.4, 0.5) is 34.4 Å². The Hall–Kier alpha value is -7.23. The number of aryl methyl sites for hydroxylation is 1. The highest BCUT2D eigenvalue weighted by Crippen LogP contribution is 2.41. The third-order valence-electron chi connectivity index (χ3n) is 17.2. The van der Waals surface area contributed by atoms with Gasteiger partial charge in [0.2, 0.25) is 11.8 Å². The number of nitrogens with two attached hydrogens (primary N) is 1. The molecule has 0 spiro atoms. The van der Waals surface area contributed by atoms with Crippen molar-refractivity contribution in [2.24, 2.45) is 5.73 Å². The minimum Gasteiger partial charge on any atom is -0.394 e. The molecule has 2 aromatic heterocycles. The highest BCUT2D eigenvalue weighted by Gasteiger charge is 2.47. The maximum absolute atomic E-state index is 14.2. The van der Waals surface area contributed by atoms with Gasteiger partial charge < -0.3 is 41.1 Å². The minimum absolute atomic E-state index is 0.0356. The fraction of sp³-hybridized carbons (Fsp3) is 0.482. The number of imide groups is 2. The van der Waals surface area contributed by atoms with Gasteiger partial charge in [-0.3, -0.25) is 48.3 Å². The molecule has 11 rings (SSSR count). The zero-order valence-electron chi connectivity index (χ0n) is 43.8. The van der Waals surface area contributed by atoms with E-state index in [2.05, 4.69) is 50.7 Å². The average Bonchev–Trinajstić information content (AvgIpc) is 4.08. The number of carbonyl (C=O) groups excluding carboxylic acids is 7. The van der Waals surface area contributed by atoms with Crippen molar-refractivity contribution in [3.8, 4) is 0 Å². The first-order valence-electron chi connectivity index (χ1n) is 27.1. The summed E-state index contributed by atoms with van der Waals surface area (Å²) >= 11 is 1.65. The number of hydrogen-bond donors (Lipinski definition) is 4. The molecule has 21 heteroatoms. The molecule has 0 radical (unpaired) electrons. The number of nitrogens with one attached hydrogen (secondary N) is 2. The highest BCUT2D eigenvalue weighted by atomic mass is 32.1. The first-order chi connectivity index (χ1) is 37.1.